The van der Waals surface area contributed by atoms with E-state index in [9.17, 15) is 14.9 Å². The SMILES string of the molecule is CCN(CC)Cc1cc(NC(=O)c2ccccc2)cc([N+](=O)[O-])c1. The Morgan fingerprint density at radius 2 is 1.79 bits per heavy atom. The summed E-state index contributed by atoms with van der Waals surface area (Å²) in [6.45, 7) is 6.39. The topological polar surface area (TPSA) is 75.5 Å². The summed E-state index contributed by atoms with van der Waals surface area (Å²) in [5, 5.41) is 13.9. The van der Waals surface area contributed by atoms with E-state index in [0.717, 1.165) is 18.7 Å². The van der Waals surface area contributed by atoms with Crippen LogP contribution in [0.25, 0.3) is 0 Å². The lowest BCUT2D eigenvalue weighted by Crippen LogP contribution is -2.22. The van der Waals surface area contributed by atoms with Crippen molar-refractivity contribution in [2.45, 2.75) is 20.4 Å². The molecule has 0 unspecified atom stereocenters. The maximum absolute atomic E-state index is 12.2. The number of rotatable bonds is 7. The van der Waals surface area contributed by atoms with Gasteiger partial charge in [0.05, 0.1) is 4.92 Å². The van der Waals surface area contributed by atoms with Crippen molar-refractivity contribution in [3.8, 4) is 0 Å². The molecule has 0 fully saturated rings. The van der Waals surface area contributed by atoms with Crippen molar-refractivity contribution < 1.29 is 9.72 Å². The fraction of sp³-hybridized carbons (Fsp3) is 0.278. The molecule has 0 aliphatic rings. The standard InChI is InChI=1S/C18H21N3O3/c1-3-20(4-2)13-14-10-16(12-17(11-14)21(23)24)19-18(22)15-8-6-5-7-9-15/h5-12H,3-4,13H2,1-2H3,(H,19,22). The smallest absolute Gasteiger partial charge is 0.271 e. The van der Waals surface area contributed by atoms with Crippen LogP contribution in [-0.4, -0.2) is 28.8 Å². The largest absolute Gasteiger partial charge is 0.322 e. The summed E-state index contributed by atoms with van der Waals surface area (Å²) >= 11 is 0. The van der Waals surface area contributed by atoms with Gasteiger partial charge in [-0.25, -0.2) is 0 Å². The minimum atomic E-state index is -0.441. The molecule has 0 aliphatic carbocycles. The Labute approximate surface area is 141 Å². The highest BCUT2D eigenvalue weighted by Crippen LogP contribution is 2.22. The Bertz CT molecular complexity index is 713. The van der Waals surface area contributed by atoms with Crippen molar-refractivity contribution in [3.05, 3.63) is 69.8 Å². The molecule has 6 heteroatoms. The second-order valence-electron chi connectivity index (χ2n) is 5.43. The van der Waals surface area contributed by atoms with Crippen LogP contribution < -0.4 is 5.32 Å². The molecule has 0 radical (unpaired) electrons. The van der Waals surface area contributed by atoms with Crippen molar-refractivity contribution in [1.82, 2.24) is 4.90 Å². The number of amides is 1. The van der Waals surface area contributed by atoms with E-state index in [2.05, 4.69) is 10.2 Å². The van der Waals surface area contributed by atoms with Gasteiger partial charge in [0.2, 0.25) is 0 Å². The highest BCUT2D eigenvalue weighted by Gasteiger charge is 2.13. The lowest BCUT2D eigenvalue weighted by molar-refractivity contribution is -0.384. The molecule has 0 saturated carbocycles. The molecule has 0 aliphatic heterocycles. The van der Waals surface area contributed by atoms with Crippen LogP contribution in [0.5, 0.6) is 0 Å². The van der Waals surface area contributed by atoms with Crippen LogP contribution >= 0.6 is 0 Å². The van der Waals surface area contributed by atoms with Gasteiger partial charge in [0, 0.05) is 29.9 Å². The molecule has 0 spiro atoms. The zero-order chi connectivity index (χ0) is 17.5. The fourth-order valence-electron chi connectivity index (χ4n) is 2.44. The minimum absolute atomic E-state index is 0.0250. The quantitative estimate of drug-likeness (QED) is 0.621. The maximum atomic E-state index is 12.2. The van der Waals surface area contributed by atoms with E-state index in [-0.39, 0.29) is 11.6 Å². The van der Waals surface area contributed by atoms with E-state index in [4.69, 9.17) is 0 Å². The van der Waals surface area contributed by atoms with Crippen molar-refractivity contribution >= 4 is 17.3 Å². The van der Waals surface area contributed by atoms with Gasteiger partial charge >= 0.3 is 0 Å². The van der Waals surface area contributed by atoms with Crippen LogP contribution in [-0.2, 0) is 6.54 Å². The van der Waals surface area contributed by atoms with Crippen LogP contribution in [0.4, 0.5) is 11.4 Å². The van der Waals surface area contributed by atoms with Gasteiger partial charge in [-0.1, -0.05) is 32.0 Å². The Hall–Kier alpha value is -2.73. The van der Waals surface area contributed by atoms with Crippen LogP contribution in [0.1, 0.15) is 29.8 Å². The average molecular weight is 327 g/mol. The van der Waals surface area contributed by atoms with E-state index < -0.39 is 4.92 Å². The van der Waals surface area contributed by atoms with E-state index in [1.807, 2.05) is 19.9 Å². The second kappa shape index (κ2) is 8.21. The molecule has 0 atom stereocenters. The highest BCUT2D eigenvalue weighted by molar-refractivity contribution is 6.04. The third-order valence-electron chi connectivity index (χ3n) is 3.78. The van der Waals surface area contributed by atoms with Crippen LogP contribution in [0.3, 0.4) is 0 Å². The van der Waals surface area contributed by atoms with Gasteiger partial charge in [-0.2, -0.15) is 0 Å². The highest BCUT2D eigenvalue weighted by atomic mass is 16.6. The van der Waals surface area contributed by atoms with Gasteiger partial charge in [-0.05, 0) is 36.9 Å². The molecule has 24 heavy (non-hydrogen) atoms. The number of nitrogens with zero attached hydrogens (tertiary/aromatic N) is 2. The first-order valence-electron chi connectivity index (χ1n) is 7.90. The number of nitro groups is 1. The average Bonchev–Trinajstić information content (AvgIpc) is 2.60. The molecule has 0 bridgehead atoms. The van der Waals surface area contributed by atoms with Crippen LogP contribution in [0, 0.1) is 10.1 Å². The summed E-state index contributed by atoms with van der Waals surface area (Å²) in [6.07, 6.45) is 0. The number of hydrogen-bond acceptors (Lipinski definition) is 4. The number of nitrogens with one attached hydrogen (secondary N) is 1. The molecule has 2 aromatic carbocycles. The predicted molar refractivity (Wildman–Crippen MR) is 94.1 cm³/mol. The summed E-state index contributed by atoms with van der Waals surface area (Å²) in [5.41, 5.74) is 1.72. The summed E-state index contributed by atoms with van der Waals surface area (Å²) in [6, 6.07) is 13.5. The number of nitro benzene ring substituents is 1. The van der Waals surface area contributed by atoms with E-state index >= 15 is 0 Å². The lowest BCUT2D eigenvalue weighted by Gasteiger charge is -2.18. The van der Waals surface area contributed by atoms with E-state index in [0.29, 0.717) is 17.8 Å². The first-order valence-corrected chi connectivity index (χ1v) is 7.90. The molecule has 0 saturated heterocycles. The second-order valence-corrected chi connectivity index (χ2v) is 5.43. The molecular formula is C18H21N3O3. The first-order chi connectivity index (χ1) is 11.5. The van der Waals surface area contributed by atoms with E-state index in [1.165, 1.54) is 6.07 Å². The van der Waals surface area contributed by atoms with Gasteiger partial charge in [0.15, 0.2) is 0 Å². The number of carbonyl (C=O) groups excluding carboxylic acids is 1. The molecule has 0 heterocycles. The fourth-order valence-corrected chi connectivity index (χ4v) is 2.44. The molecular weight excluding hydrogens is 306 g/mol. The lowest BCUT2D eigenvalue weighted by atomic mass is 10.1. The number of anilines is 1. The van der Waals surface area contributed by atoms with Gasteiger partial charge in [-0.3, -0.25) is 19.8 Å². The first kappa shape index (κ1) is 17.6. The third-order valence-corrected chi connectivity index (χ3v) is 3.78. The molecule has 6 nitrogen and oxygen atoms in total. The van der Waals surface area contributed by atoms with Gasteiger partial charge in [0.25, 0.3) is 11.6 Å². The van der Waals surface area contributed by atoms with Crippen LogP contribution in [0.2, 0.25) is 0 Å². The number of carbonyl (C=O) groups is 1. The van der Waals surface area contributed by atoms with Crippen molar-refractivity contribution in [1.29, 1.82) is 0 Å². The molecule has 126 valence electrons. The number of hydrogen-bond donors (Lipinski definition) is 1. The number of non-ortho nitro benzene ring substituents is 1. The summed E-state index contributed by atoms with van der Waals surface area (Å²) in [4.78, 5) is 25.1. The van der Waals surface area contributed by atoms with Crippen LogP contribution in [0.15, 0.2) is 48.5 Å². The van der Waals surface area contributed by atoms with Crippen molar-refractivity contribution in [3.63, 3.8) is 0 Å². The van der Waals surface area contributed by atoms with Gasteiger partial charge in [-0.15, -0.1) is 0 Å². The van der Waals surface area contributed by atoms with Crippen molar-refractivity contribution in [2.75, 3.05) is 18.4 Å². The summed E-state index contributed by atoms with van der Waals surface area (Å²) < 4.78 is 0. The number of benzene rings is 2. The molecule has 0 aromatic heterocycles. The molecule has 2 aromatic rings. The maximum Gasteiger partial charge on any atom is 0.271 e. The predicted octanol–water partition coefficient (Wildman–Crippen LogP) is 3.69. The zero-order valence-electron chi connectivity index (χ0n) is 13.9. The third kappa shape index (κ3) is 4.63. The Morgan fingerprint density at radius 3 is 2.38 bits per heavy atom. The Balaban J connectivity index is 2.26. The van der Waals surface area contributed by atoms with Gasteiger partial charge < -0.3 is 5.32 Å². The minimum Gasteiger partial charge on any atom is -0.322 e. The monoisotopic (exact) mass is 327 g/mol. The van der Waals surface area contributed by atoms with Crippen molar-refractivity contribution in [2.24, 2.45) is 0 Å². The van der Waals surface area contributed by atoms with E-state index in [1.54, 1.807) is 36.4 Å². The normalized spacial score (nSPS) is 10.6. The van der Waals surface area contributed by atoms with Gasteiger partial charge in [0.1, 0.15) is 0 Å². The molecule has 1 N–H and O–H groups in total. The summed E-state index contributed by atoms with van der Waals surface area (Å²) in [7, 11) is 0. The Morgan fingerprint density at radius 1 is 1.12 bits per heavy atom. The summed E-state index contributed by atoms with van der Waals surface area (Å²) in [5.74, 6) is -0.287. The molecule has 2 rings (SSSR count). The zero-order valence-corrected chi connectivity index (χ0v) is 13.9. The Kier molecular flexibility index (Phi) is 6.03. The molecule has 1 amide bonds.